The van der Waals surface area contributed by atoms with Gasteiger partial charge in [0.2, 0.25) is 0 Å². The van der Waals surface area contributed by atoms with Crippen LogP contribution in [0.5, 0.6) is 0 Å². The molecule has 1 fully saturated rings. The van der Waals surface area contributed by atoms with Gasteiger partial charge < -0.3 is 15.0 Å². The number of rotatable bonds is 7. The highest BCUT2D eigenvalue weighted by Gasteiger charge is 2.18. The SMILES string of the molecule is COCC1CCCN(CCNCc2cc(Br)cs2)C1. The van der Waals surface area contributed by atoms with Crippen LogP contribution >= 0.6 is 27.3 Å². The fourth-order valence-corrected chi connectivity index (χ4v) is 4.04. The lowest BCUT2D eigenvalue weighted by Crippen LogP contribution is -2.40. The molecule has 1 aliphatic rings. The van der Waals surface area contributed by atoms with Crippen molar-refractivity contribution < 1.29 is 4.74 Å². The summed E-state index contributed by atoms with van der Waals surface area (Å²) in [6, 6.07) is 2.19. The van der Waals surface area contributed by atoms with Crippen molar-refractivity contribution in [3.05, 3.63) is 20.8 Å². The van der Waals surface area contributed by atoms with Gasteiger partial charge in [-0.25, -0.2) is 0 Å². The van der Waals surface area contributed by atoms with Crippen LogP contribution in [0.15, 0.2) is 15.9 Å². The Labute approximate surface area is 128 Å². The van der Waals surface area contributed by atoms with Crippen LogP contribution in [0.4, 0.5) is 0 Å². The molecule has 2 heterocycles. The van der Waals surface area contributed by atoms with Crippen LogP contribution < -0.4 is 5.32 Å². The van der Waals surface area contributed by atoms with Crippen molar-refractivity contribution in [1.29, 1.82) is 0 Å². The highest BCUT2D eigenvalue weighted by atomic mass is 79.9. The van der Waals surface area contributed by atoms with Gasteiger partial charge >= 0.3 is 0 Å². The van der Waals surface area contributed by atoms with Crippen LogP contribution in [-0.4, -0.2) is 44.8 Å². The van der Waals surface area contributed by atoms with E-state index in [1.807, 2.05) is 0 Å². The molecule has 0 radical (unpaired) electrons. The highest BCUT2D eigenvalue weighted by Crippen LogP contribution is 2.19. The van der Waals surface area contributed by atoms with Crippen molar-refractivity contribution in [3.63, 3.8) is 0 Å². The zero-order chi connectivity index (χ0) is 13.5. The third-order valence-electron chi connectivity index (χ3n) is 3.53. The molecule has 0 bridgehead atoms. The summed E-state index contributed by atoms with van der Waals surface area (Å²) in [5, 5.41) is 5.66. The Morgan fingerprint density at radius 1 is 1.58 bits per heavy atom. The zero-order valence-corrected chi connectivity index (χ0v) is 13.9. The number of nitrogens with one attached hydrogen (secondary N) is 1. The summed E-state index contributed by atoms with van der Waals surface area (Å²) in [6.07, 6.45) is 2.63. The van der Waals surface area contributed by atoms with Crippen molar-refractivity contribution in [1.82, 2.24) is 10.2 Å². The molecule has 19 heavy (non-hydrogen) atoms. The highest BCUT2D eigenvalue weighted by molar-refractivity contribution is 9.10. The predicted molar refractivity (Wildman–Crippen MR) is 84.8 cm³/mol. The predicted octanol–water partition coefficient (Wildman–Crippen LogP) is 2.96. The Balaban J connectivity index is 1.60. The third-order valence-corrected chi connectivity index (χ3v) is 5.23. The monoisotopic (exact) mass is 346 g/mol. The van der Waals surface area contributed by atoms with E-state index in [1.165, 1.54) is 35.3 Å². The quantitative estimate of drug-likeness (QED) is 0.768. The Morgan fingerprint density at radius 2 is 2.47 bits per heavy atom. The van der Waals surface area contributed by atoms with Gasteiger partial charge in [-0.05, 0) is 47.3 Å². The van der Waals surface area contributed by atoms with Gasteiger partial charge in [0.1, 0.15) is 0 Å². The number of hydrogen-bond donors (Lipinski definition) is 1. The number of ether oxygens (including phenoxy) is 1. The molecule has 1 aromatic rings. The van der Waals surface area contributed by atoms with Crippen molar-refractivity contribution >= 4 is 27.3 Å². The van der Waals surface area contributed by atoms with Gasteiger partial charge in [-0.15, -0.1) is 11.3 Å². The van der Waals surface area contributed by atoms with E-state index >= 15 is 0 Å². The molecule has 1 atom stereocenters. The molecule has 0 spiro atoms. The van der Waals surface area contributed by atoms with Crippen molar-refractivity contribution in [2.24, 2.45) is 5.92 Å². The molecule has 3 nitrogen and oxygen atoms in total. The van der Waals surface area contributed by atoms with E-state index < -0.39 is 0 Å². The number of methoxy groups -OCH3 is 1. The summed E-state index contributed by atoms with van der Waals surface area (Å²) >= 11 is 5.29. The van der Waals surface area contributed by atoms with Gasteiger partial charge in [-0.1, -0.05) is 0 Å². The molecule has 108 valence electrons. The summed E-state index contributed by atoms with van der Waals surface area (Å²) in [7, 11) is 1.81. The van der Waals surface area contributed by atoms with Gasteiger partial charge in [0.15, 0.2) is 0 Å². The molecular formula is C14H23BrN2OS. The first-order valence-electron chi connectivity index (χ1n) is 6.93. The number of nitrogens with zero attached hydrogens (tertiary/aromatic N) is 1. The lowest BCUT2D eigenvalue weighted by Gasteiger charge is -2.32. The van der Waals surface area contributed by atoms with Crippen LogP contribution in [0.1, 0.15) is 17.7 Å². The Bertz CT molecular complexity index is 370. The van der Waals surface area contributed by atoms with E-state index in [0.29, 0.717) is 0 Å². The summed E-state index contributed by atoms with van der Waals surface area (Å²) in [4.78, 5) is 3.95. The smallest absolute Gasteiger partial charge is 0.0502 e. The molecule has 1 unspecified atom stereocenters. The second-order valence-corrected chi connectivity index (χ2v) is 7.08. The summed E-state index contributed by atoms with van der Waals surface area (Å²) in [6.45, 7) is 6.53. The van der Waals surface area contributed by atoms with E-state index in [9.17, 15) is 0 Å². The molecule has 2 rings (SSSR count). The van der Waals surface area contributed by atoms with Crippen molar-refractivity contribution in [3.8, 4) is 0 Å². The fraction of sp³-hybridized carbons (Fsp3) is 0.714. The van der Waals surface area contributed by atoms with Crippen LogP contribution in [0.3, 0.4) is 0 Å². The van der Waals surface area contributed by atoms with E-state index in [2.05, 4.69) is 37.6 Å². The fourth-order valence-electron chi connectivity index (χ4n) is 2.62. The van der Waals surface area contributed by atoms with E-state index in [1.54, 1.807) is 18.4 Å². The van der Waals surface area contributed by atoms with Crippen LogP contribution in [-0.2, 0) is 11.3 Å². The van der Waals surface area contributed by atoms with Crippen molar-refractivity contribution in [2.45, 2.75) is 19.4 Å². The molecule has 0 aliphatic carbocycles. The van der Waals surface area contributed by atoms with Gasteiger partial charge in [0.05, 0.1) is 6.61 Å². The van der Waals surface area contributed by atoms with E-state index in [-0.39, 0.29) is 0 Å². The normalized spacial score (nSPS) is 20.8. The van der Waals surface area contributed by atoms with E-state index in [0.717, 1.165) is 32.2 Å². The standard InChI is InChI=1S/C14H23BrN2OS/c1-18-10-12-3-2-5-17(9-12)6-4-16-8-14-7-13(15)11-19-14/h7,11-12,16H,2-6,8-10H2,1H3. The van der Waals surface area contributed by atoms with Gasteiger partial charge in [-0.2, -0.15) is 0 Å². The lowest BCUT2D eigenvalue weighted by atomic mass is 9.99. The molecule has 1 aliphatic heterocycles. The summed E-state index contributed by atoms with van der Waals surface area (Å²) in [5.74, 6) is 0.729. The summed E-state index contributed by atoms with van der Waals surface area (Å²) < 4.78 is 6.46. The first kappa shape index (κ1) is 15.4. The molecule has 0 aromatic carbocycles. The minimum absolute atomic E-state index is 0.729. The van der Waals surface area contributed by atoms with Gasteiger partial charge in [0, 0.05) is 48.0 Å². The number of likely N-dealkylation sites (tertiary alicyclic amines) is 1. The molecule has 1 N–H and O–H groups in total. The molecule has 1 saturated heterocycles. The number of hydrogen-bond acceptors (Lipinski definition) is 4. The van der Waals surface area contributed by atoms with Crippen LogP contribution in [0, 0.1) is 5.92 Å². The average molecular weight is 347 g/mol. The minimum Gasteiger partial charge on any atom is -0.384 e. The maximum Gasteiger partial charge on any atom is 0.0502 e. The Hall–Kier alpha value is 0.0600. The van der Waals surface area contributed by atoms with Crippen LogP contribution in [0.2, 0.25) is 0 Å². The molecule has 0 saturated carbocycles. The number of thiophene rings is 1. The van der Waals surface area contributed by atoms with Gasteiger partial charge in [-0.3, -0.25) is 0 Å². The second-order valence-electron chi connectivity index (χ2n) is 5.17. The molecule has 1 aromatic heterocycles. The first-order chi connectivity index (χ1) is 9.28. The topological polar surface area (TPSA) is 24.5 Å². The average Bonchev–Trinajstić information content (AvgIpc) is 2.82. The molecular weight excluding hydrogens is 324 g/mol. The first-order valence-corrected chi connectivity index (χ1v) is 8.60. The Morgan fingerprint density at radius 3 is 3.21 bits per heavy atom. The lowest BCUT2D eigenvalue weighted by molar-refractivity contribution is 0.0911. The maximum absolute atomic E-state index is 5.27. The zero-order valence-electron chi connectivity index (χ0n) is 11.5. The van der Waals surface area contributed by atoms with Crippen LogP contribution in [0.25, 0.3) is 0 Å². The van der Waals surface area contributed by atoms with Crippen molar-refractivity contribution in [2.75, 3.05) is 39.9 Å². The summed E-state index contributed by atoms with van der Waals surface area (Å²) in [5.41, 5.74) is 0. The maximum atomic E-state index is 5.27. The number of piperidine rings is 1. The largest absolute Gasteiger partial charge is 0.384 e. The van der Waals surface area contributed by atoms with Gasteiger partial charge in [0.25, 0.3) is 0 Å². The third kappa shape index (κ3) is 5.52. The number of halogens is 1. The molecule has 5 heteroatoms. The van der Waals surface area contributed by atoms with E-state index in [4.69, 9.17) is 4.74 Å². The molecule has 0 amide bonds. The second kappa shape index (κ2) is 8.37. The minimum atomic E-state index is 0.729. The Kier molecular flexibility index (Phi) is 6.81.